The van der Waals surface area contributed by atoms with Gasteiger partial charge in [-0.15, -0.1) is 24.0 Å². The van der Waals surface area contributed by atoms with Gasteiger partial charge in [0.15, 0.2) is 5.96 Å². The summed E-state index contributed by atoms with van der Waals surface area (Å²) in [5.74, 6) is 1.50. The zero-order valence-corrected chi connectivity index (χ0v) is 18.0. The first-order valence-electron chi connectivity index (χ1n) is 9.22. The van der Waals surface area contributed by atoms with Crippen LogP contribution in [0.4, 0.5) is 5.69 Å². The van der Waals surface area contributed by atoms with Crippen molar-refractivity contribution in [3.05, 3.63) is 24.3 Å². The van der Waals surface area contributed by atoms with E-state index < -0.39 is 0 Å². The van der Waals surface area contributed by atoms with E-state index in [2.05, 4.69) is 27.9 Å². The Morgan fingerprint density at radius 2 is 2.04 bits per heavy atom. The summed E-state index contributed by atoms with van der Waals surface area (Å²) in [6, 6.07) is 7.92. The minimum atomic E-state index is -0.0918. The molecule has 0 bridgehead atoms. The predicted molar refractivity (Wildman–Crippen MR) is 118 cm³/mol. The van der Waals surface area contributed by atoms with E-state index in [1.165, 1.54) is 39.0 Å². The fourth-order valence-electron chi connectivity index (χ4n) is 2.95. The van der Waals surface area contributed by atoms with Crippen molar-refractivity contribution in [3.8, 4) is 5.75 Å². The van der Waals surface area contributed by atoms with E-state index in [-0.39, 0.29) is 29.9 Å². The van der Waals surface area contributed by atoms with Crippen LogP contribution < -0.4 is 20.7 Å². The van der Waals surface area contributed by atoms with Crippen molar-refractivity contribution in [1.82, 2.24) is 10.6 Å². The first-order valence-corrected chi connectivity index (χ1v) is 9.22. The highest BCUT2D eigenvalue weighted by molar-refractivity contribution is 14.0. The average molecular weight is 474 g/mol. The van der Waals surface area contributed by atoms with Gasteiger partial charge < -0.3 is 20.7 Å². The molecule has 6 nitrogen and oxygen atoms in total. The largest absolute Gasteiger partial charge is 0.492 e. The van der Waals surface area contributed by atoms with Gasteiger partial charge in [-0.25, -0.2) is 4.99 Å². The third-order valence-electron chi connectivity index (χ3n) is 4.07. The van der Waals surface area contributed by atoms with Gasteiger partial charge in [0.05, 0.1) is 6.54 Å². The van der Waals surface area contributed by atoms with Gasteiger partial charge >= 0.3 is 0 Å². The monoisotopic (exact) mass is 474 g/mol. The summed E-state index contributed by atoms with van der Waals surface area (Å²) in [6.07, 6.45) is 6.38. The van der Waals surface area contributed by atoms with Gasteiger partial charge in [-0.05, 0) is 31.9 Å². The van der Waals surface area contributed by atoms with Crippen molar-refractivity contribution in [2.24, 2.45) is 4.99 Å². The van der Waals surface area contributed by atoms with Crippen molar-refractivity contribution >= 4 is 41.5 Å². The van der Waals surface area contributed by atoms with Crippen molar-refractivity contribution in [3.63, 3.8) is 0 Å². The summed E-state index contributed by atoms with van der Waals surface area (Å²) >= 11 is 0. The minimum Gasteiger partial charge on any atom is -0.492 e. The molecule has 1 fully saturated rings. The Morgan fingerprint density at radius 3 is 2.73 bits per heavy atom. The highest BCUT2D eigenvalue weighted by atomic mass is 127. The molecule has 3 N–H and O–H groups in total. The molecule has 1 aromatic rings. The maximum absolute atomic E-state index is 11.1. The lowest BCUT2D eigenvalue weighted by Crippen LogP contribution is -2.44. The van der Waals surface area contributed by atoms with Crippen LogP contribution in [0.3, 0.4) is 0 Å². The van der Waals surface area contributed by atoms with E-state index in [1.54, 1.807) is 0 Å². The number of hydrogen-bond acceptors (Lipinski definition) is 3. The zero-order valence-electron chi connectivity index (χ0n) is 15.7. The maximum Gasteiger partial charge on any atom is 0.221 e. The number of halogens is 1. The molecule has 146 valence electrons. The third kappa shape index (κ3) is 8.73. The number of anilines is 1. The molecule has 26 heavy (non-hydrogen) atoms. The first kappa shape index (κ1) is 22.5. The highest BCUT2D eigenvalue weighted by Gasteiger charge is 2.14. The topological polar surface area (TPSA) is 74.8 Å². The smallest absolute Gasteiger partial charge is 0.221 e. The van der Waals surface area contributed by atoms with E-state index in [0.717, 1.165) is 23.9 Å². The van der Waals surface area contributed by atoms with Crippen LogP contribution in [0.2, 0.25) is 0 Å². The van der Waals surface area contributed by atoms with Gasteiger partial charge in [-0.2, -0.15) is 0 Å². The molecule has 0 aliphatic heterocycles. The summed E-state index contributed by atoms with van der Waals surface area (Å²) in [6.45, 7) is 5.47. The molecule has 1 aliphatic carbocycles. The van der Waals surface area contributed by atoms with Gasteiger partial charge in [0, 0.05) is 31.3 Å². The standard InChI is InChI=1S/C19H30N4O2.HI/c1-3-20-19(23-16-8-5-4-6-9-16)21-12-13-25-18-11-7-10-17(14-18)22-15(2)24;/h7,10-11,14,16H,3-6,8-9,12-13H2,1-2H3,(H,22,24)(H2,20,21,23);1H. The second-order valence-electron chi connectivity index (χ2n) is 6.30. The van der Waals surface area contributed by atoms with Crippen molar-refractivity contribution in [2.75, 3.05) is 25.0 Å². The Bertz CT molecular complexity index is 574. The highest BCUT2D eigenvalue weighted by Crippen LogP contribution is 2.18. The Kier molecular flexibility index (Phi) is 11.1. The van der Waals surface area contributed by atoms with Crippen LogP contribution in [0.1, 0.15) is 46.0 Å². The Balaban J connectivity index is 0.00000338. The van der Waals surface area contributed by atoms with Gasteiger partial charge in [0.25, 0.3) is 0 Å². The fraction of sp³-hybridized carbons (Fsp3) is 0.579. The Morgan fingerprint density at radius 1 is 1.27 bits per heavy atom. The van der Waals surface area contributed by atoms with Crippen LogP contribution in [0.15, 0.2) is 29.3 Å². The number of guanidine groups is 1. The molecular weight excluding hydrogens is 443 g/mol. The molecule has 0 atom stereocenters. The Hall–Kier alpha value is -1.51. The van der Waals surface area contributed by atoms with Gasteiger partial charge in [0.1, 0.15) is 12.4 Å². The van der Waals surface area contributed by atoms with Gasteiger partial charge in [-0.3, -0.25) is 4.79 Å². The summed E-state index contributed by atoms with van der Waals surface area (Å²) in [5, 5.41) is 9.57. The molecule has 0 spiro atoms. The molecule has 0 radical (unpaired) electrons. The van der Waals surface area contributed by atoms with Crippen molar-refractivity contribution < 1.29 is 9.53 Å². The van der Waals surface area contributed by atoms with Crippen LogP contribution in [-0.4, -0.2) is 37.6 Å². The van der Waals surface area contributed by atoms with Crippen LogP contribution in [0.5, 0.6) is 5.75 Å². The van der Waals surface area contributed by atoms with Gasteiger partial charge in [-0.1, -0.05) is 25.3 Å². The molecule has 0 saturated heterocycles. The molecule has 7 heteroatoms. The molecule has 1 aliphatic rings. The lowest BCUT2D eigenvalue weighted by molar-refractivity contribution is -0.114. The second-order valence-corrected chi connectivity index (χ2v) is 6.30. The van der Waals surface area contributed by atoms with Crippen LogP contribution in [0.25, 0.3) is 0 Å². The fourth-order valence-corrected chi connectivity index (χ4v) is 2.95. The zero-order chi connectivity index (χ0) is 17.9. The number of aliphatic imine (C=N–C) groups is 1. The minimum absolute atomic E-state index is 0. The van der Waals surface area contributed by atoms with E-state index in [4.69, 9.17) is 4.74 Å². The first-order chi connectivity index (χ1) is 12.2. The molecule has 1 aromatic carbocycles. The van der Waals surface area contributed by atoms with Crippen LogP contribution in [0, 0.1) is 0 Å². The summed E-state index contributed by atoms with van der Waals surface area (Å²) in [4.78, 5) is 15.7. The molecule has 2 rings (SSSR count). The van der Waals surface area contributed by atoms with Crippen LogP contribution in [-0.2, 0) is 4.79 Å². The molecule has 1 saturated carbocycles. The average Bonchev–Trinajstić information content (AvgIpc) is 2.59. The second kappa shape index (κ2) is 12.8. The number of carbonyl (C=O) groups is 1. The van der Waals surface area contributed by atoms with Gasteiger partial charge in [0.2, 0.25) is 5.91 Å². The number of hydrogen-bond donors (Lipinski definition) is 3. The number of ether oxygens (including phenoxy) is 1. The predicted octanol–water partition coefficient (Wildman–Crippen LogP) is 3.53. The van der Waals surface area contributed by atoms with Crippen LogP contribution >= 0.6 is 24.0 Å². The molecule has 0 unspecified atom stereocenters. The lowest BCUT2D eigenvalue weighted by Gasteiger charge is -2.24. The van der Waals surface area contributed by atoms with E-state index in [9.17, 15) is 4.79 Å². The Labute approximate surface area is 173 Å². The maximum atomic E-state index is 11.1. The summed E-state index contributed by atoms with van der Waals surface area (Å²) in [5.41, 5.74) is 0.737. The molecule has 1 amide bonds. The summed E-state index contributed by atoms with van der Waals surface area (Å²) in [7, 11) is 0. The molecule has 0 heterocycles. The molecule has 0 aromatic heterocycles. The van der Waals surface area contributed by atoms with Crippen molar-refractivity contribution in [1.29, 1.82) is 0 Å². The lowest BCUT2D eigenvalue weighted by atomic mass is 9.96. The van der Waals surface area contributed by atoms with E-state index >= 15 is 0 Å². The number of carbonyl (C=O) groups excluding carboxylic acids is 1. The quantitative estimate of drug-likeness (QED) is 0.245. The SMILES string of the molecule is CCNC(=NCCOc1cccc(NC(C)=O)c1)NC1CCCCC1.I. The number of nitrogens with one attached hydrogen (secondary N) is 3. The number of amides is 1. The van der Waals surface area contributed by atoms with E-state index in [0.29, 0.717) is 19.2 Å². The number of rotatable bonds is 7. The number of nitrogens with zero attached hydrogens (tertiary/aromatic N) is 1. The third-order valence-corrected chi connectivity index (χ3v) is 4.07. The normalized spacial score (nSPS) is 14.9. The molecular formula is C19H31IN4O2. The van der Waals surface area contributed by atoms with Crippen molar-refractivity contribution in [2.45, 2.75) is 52.0 Å². The van der Waals surface area contributed by atoms with E-state index in [1.807, 2.05) is 24.3 Å². The summed E-state index contributed by atoms with van der Waals surface area (Å²) < 4.78 is 5.73. The number of benzene rings is 1.